The summed E-state index contributed by atoms with van der Waals surface area (Å²) < 4.78 is 18.7. The Labute approximate surface area is 220 Å². The van der Waals surface area contributed by atoms with E-state index in [4.69, 9.17) is 19.2 Å². The Balaban J connectivity index is 1.60. The van der Waals surface area contributed by atoms with Gasteiger partial charge in [0.25, 0.3) is 5.91 Å². The molecule has 0 spiro atoms. The first-order valence-corrected chi connectivity index (χ1v) is 12.9. The summed E-state index contributed by atoms with van der Waals surface area (Å²) in [5.74, 6) is 2.33. The average molecular weight is 516 g/mol. The molecule has 5 rings (SSSR count). The summed E-state index contributed by atoms with van der Waals surface area (Å²) in [6.07, 6.45) is 0. The topological polar surface area (TPSA) is 74.1 Å². The minimum Gasteiger partial charge on any atom is -0.493 e. The van der Waals surface area contributed by atoms with Crippen molar-refractivity contribution in [2.75, 3.05) is 26.1 Å². The highest BCUT2D eigenvalue weighted by molar-refractivity contribution is 7.07. The molecule has 2 heterocycles. The smallest absolute Gasteiger partial charge is 0.262 e. The van der Waals surface area contributed by atoms with Gasteiger partial charge in [-0.2, -0.15) is 0 Å². The van der Waals surface area contributed by atoms with E-state index in [1.165, 1.54) is 5.56 Å². The predicted molar refractivity (Wildman–Crippen MR) is 146 cm³/mol. The molecule has 3 aromatic carbocycles. The van der Waals surface area contributed by atoms with Crippen molar-refractivity contribution in [3.05, 3.63) is 82.0 Å². The Morgan fingerprint density at radius 2 is 1.81 bits per heavy atom. The summed E-state index contributed by atoms with van der Waals surface area (Å²) in [5.41, 5.74) is 5.83. The van der Waals surface area contributed by atoms with Gasteiger partial charge in [0.1, 0.15) is 5.75 Å². The van der Waals surface area contributed by atoms with E-state index < -0.39 is 0 Å². The zero-order chi connectivity index (χ0) is 25.9. The number of nitrogens with zero attached hydrogens (tertiary/aromatic N) is 2. The SMILES string of the molecule is COc1ccc(Cn2c(-c3ccc4c(c3)NC(=O)CO4)csc2=Nc2ccc(C(C)C)cc2)cc1OC. The molecule has 1 N–H and O–H groups in total. The number of carbonyl (C=O) groups is 1. The fraction of sp³-hybridized carbons (Fsp3) is 0.241. The first kappa shape index (κ1) is 24.6. The largest absolute Gasteiger partial charge is 0.493 e. The van der Waals surface area contributed by atoms with E-state index in [9.17, 15) is 4.79 Å². The molecule has 0 fully saturated rings. The van der Waals surface area contributed by atoms with Crippen LogP contribution in [0.1, 0.15) is 30.9 Å². The van der Waals surface area contributed by atoms with Crippen molar-refractivity contribution in [1.82, 2.24) is 4.57 Å². The lowest BCUT2D eigenvalue weighted by molar-refractivity contribution is -0.118. The number of aromatic nitrogens is 1. The summed E-state index contributed by atoms with van der Waals surface area (Å²) in [6.45, 7) is 4.96. The van der Waals surface area contributed by atoms with E-state index in [2.05, 4.69) is 53.4 Å². The van der Waals surface area contributed by atoms with E-state index >= 15 is 0 Å². The number of hydrogen-bond donors (Lipinski definition) is 1. The third-order valence-corrected chi connectivity index (χ3v) is 7.14. The number of hydrogen-bond acceptors (Lipinski definition) is 6. The molecule has 1 aliphatic heterocycles. The third kappa shape index (κ3) is 5.24. The number of rotatable bonds is 7. The predicted octanol–water partition coefficient (Wildman–Crippen LogP) is 5.97. The normalized spacial score (nSPS) is 13.2. The second-order valence-corrected chi connectivity index (χ2v) is 9.92. The molecule has 7 nitrogen and oxygen atoms in total. The maximum atomic E-state index is 11.9. The van der Waals surface area contributed by atoms with Gasteiger partial charge in [0.15, 0.2) is 22.9 Å². The Morgan fingerprint density at radius 1 is 1.03 bits per heavy atom. The van der Waals surface area contributed by atoms with Gasteiger partial charge in [0, 0.05) is 10.9 Å². The van der Waals surface area contributed by atoms with Crippen LogP contribution >= 0.6 is 11.3 Å². The van der Waals surface area contributed by atoms with Crippen LogP contribution in [-0.2, 0) is 11.3 Å². The van der Waals surface area contributed by atoms with Crippen molar-refractivity contribution in [2.45, 2.75) is 26.3 Å². The highest BCUT2D eigenvalue weighted by atomic mass is 32.1. The molecule has 1 amide bonds. The molecule has 0 aliphatic carbocycles. The van der Waals surface area contributed by atoms with Crippen LogP contribution < -0.4 is 24.3 Å². The van der Waals surface area contributed by atoms with E-state index in [-0.39, 0.29) is 12.5 Å². The van der Waals surface area contributed by atoms with Crippen LogP contribution in [0.25, 0.3) is 11.3 Å². The summed E-state index contributed by atoms with van der Waals surface area (Å²) in [4.78, 5) is 17.7. The van der Waals surface area contributed by atoms with Crippen LogP contribution in [0.15, 0.2) is 71.0 Å². The molecule has 1 aromatic heterocycles. The number of carbonyl (C=O) groups excluding carboxylic acids is 1. The molecule has 37 heavy (non-hydrogen) atoms. The summed E-state index contributed by atoms with van der Waals surface area (Å²) in [5, 5.41) is 5.00. The van der Waals surface area contributed by atoms with Crippen molar-refractivity contribution < 1.29 is 19.0 Å². The van der Waals surface area contributed by atoms with Gasteiger partial charge in [-0.1, -0.05) is 32.0 Å². The van der Waals surface area contributed by atoms with E-state index in [1.807, 2.05) is 36.4 Å². The summed E-state index contributed by atoms with van der Waals surface area (Å²) >= 11 is 1.57. The Kier molecular flexibility index (Phi) is 7.01. The van der Waals surface area contributed by atoms with Gasteiger partial charge < -0.3 is 24.1 Å². The number of fused-ring (bicyclic) bond motifs is 1. The number of nitrogens with one attached hydrogen (secondary N) is 1. The van der Waals surface area contributed by atoms with Crippen LogP contribution in [0.2, 0.25) is 0 Å². The number of amides is 1. The molecule has 0 radical (unpaired) electrons. The maximum absolute atomic E-state index is 11.9. The molecule has 0 saturated heterocycles. The van der Waals surface area contributed by atoms with E-state index in [0.717, 1.165) is 27.3 Å². The second-order valence-electron chi connectivity index (χ2n) is 9.08. The molecule has 0 bridgehead atoms. The van der Waals surface area contributed by atoms with Crippen molar-refractivity contribution in [3.8, 4) is 28.5 Å². The molecule has 8 heteroatoms. The summed E-state index contributed by atoms with van der Waals surface area (Å²) in [7, 11) is 3.26. The lowest BCUT2D eigenvalue weighted by Gasteiger charge is -2.19. The molecule has 0 unspecified atom stereocenters. The Hall–Kier alpha value is -4.04. The Morgan fingerprint density at radius 3 is 2.54 bits per heavy atom. The highest BCUT2D eigenvalue weighted by Gasteiger charge is 2.18. The molecule has 0 atom stereocenters. The van der Waals surface area contributed by atoms with Gasteiger partial charge in [0.05, 0.1) is 37.8 Å². The van der Waals surface area contributed by atoms with Gasteiger partial charge >= 0.3 is 0 Å². The minimum atomic E-state index is -0.159. The average Bonchev–Trinajstić information content (AvgIpc) is 3.30. The van der Waals surface area contributed by atoms with Crippen LogP contribution in [0, 0.1) is 0 Å². The third-order valence-electron chi connectivity index (χ3n) is 6.28. The maximum Gasteiger partial charge on any atom is 0.262 e. The van der Waals surface area contributed by atoms with Crippen molar-refractivity contribution in [1.29, 1.82) is 0 Å². The standard InChI is InChI=1S/C29H29N3O4S/c1-18(2)20-6-9-22(10-7-20)30-29-32(15-19-5-11-26(34-3)27(13-19)35-4)24(17-37-29)21-8-12-25-23(14-21)31-28(33)16-36-25/h5-14,17-18H,15-16H2,1-4H3,(H,31,33). The van der Waals surface area contributed by atoms with Crippen molar-refractivity contribution in [2.24, 2.45) is 4.99 Å². The second kappa shape index (κ2) is 10.5. The van der Waals surface area contributed by atoms with Crippen LogP contribution in [-0.4, -0.2) is 31.3 Å². The molecule has 190 valence electrons. The van der Waals surface area contributed by atoms with Crippen LogP contribution in [0.4, 0.5) is 11.4 Å². The first-order chi connectivity index (χ1) is 17.9. The van der Waals surface area contributed by atoms with E-state index in [0.29, 0.717) is 35.4 Å². The molecular formula is C29H29N3O4S. The lowest BCUT2D eigenvalue weighted by atomic mass is 10.0. The number of methoxy groups -OCH3 is 2. The monoisotopic (exact) mass is 515 g/mol. The minimum absolute atomic E-state index is 0.0305. The van der Waals surface area contributed by atoms with E-state index in [1.54, 1.807) is 25.6 Å². The van der Waals surface area contributed by atoms with Crippen molar-refractivity contribution >= 4 is 28.6 Å². The lowest BCUT2D eigenvalue weighted by Crippen LogP contribution is -2.25. The number of benzene rings is 3. The zero-order valence-electron chi connectivity index (χ0n) is 21.3. The zero-order valence-corrected chi connectivity index (χ0v) is 22.1. The van der Waals surface area contributed by atoms with Gasteiger partial charge in [-0.3, -0.25) is 4.79 Å². The Bertz CT molecular complexity index is 1500. The molecular weight excluding hydrogens is 486 g/mol. The fourth-order valence-electron chi connectivity index (χ4n) is 4.25. The van der Waals surface area contributed by atoms with Crippen LogP contribution in [0.5, 0.6) is 17.2 Å². The van der Waals surface area contributed by atoms with Gasteiger partial charge in [-0.15, -0.1) is 11.3 Å². The first-order valence-electron chi connectivity index (χ1n) is 12.1. The molecule has 0 saturated carbocycles. The van der Waals surface area contributed by atoms with Gasteiger partial charge in [-0.05, 0) is 59.5 Å². The quantitative estimate of drug-likeness (QED) is 0.329. The van der Waals surface area contributed by atoms with Gasteiger partial charge in [0.2, 0.25) is 0 Å². The summed E-state index contributed by atoms with van der Waals surface area (Å²) in [6, 6.07) is 20.1. The highest BCUT2D eigenvalue weighted by Crippen LogP contribution is 2.34. The fourth-order valence-corrected chi connectivity index (χ4v) is 5.18. The number of anilines is 1. The molecule has 4 aromatic rings. The number of ether oxygens (including phenoxy) is 3. The molecule has 1 aliphatic rings. The number of thiazole rings is 1. The van der Waals surface area contributed by atoms with Crippen LogP contribution in [0.3, 0.4) is 0 Å². The van der Waals surface area contributed by atoms with Crippen molar-refractivity contribution in [3.63, 3.8) is 0 Å². The van der Waals surface area contributed by atoms with Gasteiger partial charge in [-0.25, -0.2) is 4.99 Å².